The number of halogens is 3. The van der Waals surface area contributed by atoms with Crippen LogP contribution < -0.4 is 4.90 Å². The summed E-state index contributed by atoms with van der Waals surface area (Å²) in [6.07, 6.45) is -3.30. The second-order valence-electron chi connectivity index (χ2n) is 10.7. The third-order valence-electron chi connectivity index (χ3n) is 8.05. The molecule has 3 aromatic rings. The Morgan fingerprint density at radius 1 is 1.26 bits per heavy atom. The Morgan fingerprint density at radius 2 is 2.02 bits per heavy atom. The largest absolute Gasteiger partial charge is 0.394 e. The average Bonchev–Trinajstić information content (AvgIpc) is 3.64. The number of nitriles is 1. The third-order valence-corrected chi connectivity index (χ3v) is 8.51. The number of benzene rings is 2. The van der Waals surface area contributed by atoms with Crippen LogP contribution in [-0.2, 0) is 14.3 Å². The Bertz CT molecular complexity index is 1550. The van der Waals surface area contributed by atoms with Crippen LogP contribution in [0.3, 0.4) is 0 Å². The number of carbonyl (C=O) groups is 1. The van der Waals surface area contributed by atoms with Crippen molar-refractivity contribution < 1.29 is 38.4 Å². The predicted octanol–water partition coefficient (Wildman–Crippen LogP) is 2.79. The number of aryl methyl sites for hydroxylation is 1. The summed E-state index contributed by atoms with van der Waals surface area (Å²) in [5.74, 6) is -2.77. The van der Waals surface area contributed by atoms with Gasteiger partial charge >= 0.3 is 0 Å². The molecule has 2 aromatic carbocycles. The van der Waals surface area contributed by atoms with Gasteiger partial charge in [-0.05, 0) is 56.0 Å². The van der Waals surface area contributed by atoms with Crippen molar-refractivity contribution in [3.63, 3.8) is 0 Å². The standard InChI is InChI=1S/C29H30BrF2N5O6/c1-14-6-7-18(24(32)23(14)31)19-12-36(35-34-19)25-26(40)22(13-38)43-28(27(25)42-2)29(41)37(20-4-3-5-21(20)39)17-9-15(11-33)8-16(30)10-17/h6-10,12,20-22,25-28,38-40H,3-5,13H2,1-2H3/t20-,21-,22-,25+,26+,27-,28-/m1/s1. The molecule has 1 saturated carbocycles. The maximum Gasteiger partial charge on any atom is 0.259 e. The van der Waals surface area contributed by atoms with E-state index in [1.807, 2.05) is 0 Å². The minimum Gasteiger partial charge on any atom is -0.394 e. The van der Waals surface area contributed by atoms with Gasteiger partial charge in [-0.25, -0.2) is 13.5 Å². The highest BCUT2D eigenvalue weighted by molar-refractivity contribution is 9.10. The van der Waals surface area contributed by atoms with Gasteiger partial charge in [-0.15, -0.1) is 5.10 Å². The van der Waals surface area contributed by atoms with E-state index in [1.165, 1.54) is 48.0 Å². The van der Waals surface area contributed by atoms with Gasteiger partial charge in [0.2, 0.25) is 0 Å². The van der Waals surface area contributed by atoms with Gasteiger partial charge in [-0.1, -0.05) is 27.2 Å². The van der Waals surface area contributed by atoms with Crippen molar-refractivity contribution in [3.8, 4) is 17.3 Å². The van der Waals surface area contributed by atoms with E-state index in [2.05, 4.69) is 32.3 Å². The van der Waals surface area contributed by atoms with Gasteiger partial charge in [-0.3, -0.25) is 4.79 Å². The topological polar surface area (TPSA) is 154 Å². The molecule has 2 aliphatic rings. The quantitative estimate of drug-likeness (QED) is 0.347. The first-order valence-electron chi connectivity index (χ1n) is 13.6. The van der Waals surface area contributed by atoms with E-state index in [4.69, 9.17) is 9.47 Å². The predicted molar refractivity (Wildman–Crippen MR) is 152 cm³/mol. The number of aliphatic hydroxyl groups excluding tert-OH is 3. The Hall–Kier alpha value is -3.32. The summed E-state index contributed by atoms with van der Waals surface area (Å²) >= 11 is 3.38. The summed E-state index contributed by atoms with van der Waals surface area (Å²) in [5.41, 5.74) is 0.551. The van der Waals surface area contributed by atoms with Crippen molar-refractivity contribution in [1.29, 1.82) is 5.26 Å². The highest BCUT2D eigenvalue weighted by Gasteiger charge is 2.52. The monoisotopic (exact) mass is 661 g/mol. The first kappa shape index (κ1) is 31.1. The number of aromatic nitrogens is 3. The fraction of sp³-hybridized carbons (Fsp3) is 0.448. The highest BCUT2D eigenvalue weighted by Crippen LogP contribution is 2.37. The van der Waals surface area contributed by atoms with E-state index < -0.39 is 66.8 Å². The highest BCUT2D eigenvalue weighted by atomic mass is 79.9. The van der Waals surface area contributed by atoms with Gasteiger partial charge in [0.15, 0.2) is 17.7 Å². The van der Waals surface area contributed by atoms with Crippen LogP contribution in [0.4, 0.5) is 14.5 Å². The Kier molecular flexibility index (Phi) is 9.21. The molecule has 43 heavy (non-hydrogen) atoms. The minimum absolute atomic E-state index is 0.0257. The van der Waals surface area contributed by atoms with Crippen LogP contribution in [0.1, 0.15) is 36.4 Å². The van der Waals surface area contributed by atoms with Crippen molar-refractivity contribution in [3.05, 3.63) is 63.8 Å². The normalized spacial score (nSPS) is 27.2. The molecule has 1 aliphatic carbocycles. The van der Waals surface area contributed by atoms with Crippen molar-refractivity contribution in [2.45, 2.75) is 68.8 Å². The zero-order valence-electron chi connectivity index (χ0n) is 23.3. The fourth-order valence-corrected chi connectivity index (χ4v) is 6.35. The van der Waals surface area contributed by atoms with Crippen LogP contribution in [0.2, 0.25) is 0 Å². The number of rotatable bonds is 7. The summed E-state index contributed by atoms with van der Waals surface area (Å²) in [6.45, 7) is 0.759. The number of amides is 1. The molecule has 1 saturated heterocycles. The van der Waals surface area contributed by atoms with Crippen molar-refractivity contribution in [2.75, 3.05) is 18.6 Å². The van der Waals surface area contributed by atoms with Gasteiger partial charge in [0.05, 0.1) is 36.6 Å². The van der Waals surface area contributed by atoms with Crippen LogP contribution in [0.15, 0.2) is 41.0 Å². The fourth-order valence-electron chi connectivity index (χ4n) is 5.87. The summed E-state index contributed by atoms with van der Waals surface area (Å²) in [5, 5.41) is 49.7. The number of nitrogens with zero attached hydrogens (tertiary/aromatic N) is 5. The number of hydrogen-bond donors (Lipinski definition) is 3. The molecule has 0 radical (unpaired) electrons. The summed E-state index contributed by atoms with van der Waals surface area (Å²) in [7, 11) is 1.31. The summed E-state index contributed by atoms with van der Waals surface area (Å²) in [4.78, 5) is 15.8. The smallest absolute Gasteiger partial charge is 0.259 e. The summed E-state index contributed by atoms with van der Waals surface area (Å²) in [6, 6.07) is 7.76. The maximum atomic E-state index is 14.7. The molecule has 0 bridgehead atoms. The number of ether oxygens (including phenoxy) is 2. The van der Waals surface area contributed by atoms with Crippen LogP contribution in [-0.4, -0.2) is 86.5 Å². The molecular weight excluding hydrogens is 632 g/mol. The molecule has 1 amide bonds. The maximum absolute atomic E-state index is 14.7. The molecule has 3 N–H and O–H groups in total. The van der Waals surface area contributed by atoms with Crippen molar-refractivity contribution in [2.24, 2.45) is 0 Å². The minimum atomic E-state index is -1.45. The van der Waals surface area contributed by atoms with Crippen LogP contribution in [0, 0.1) is 29.9 Å². The van der Waals surface area contributed by atoms with Gasteiger partial charge in [-0.2, -0.15) is 5.26 Å². The lowest BCUT2D eigenvalue weighted by Gasteiger charge is -2.45. The Balaban J connectivity index is 1.56. The molecular formula is C29H30BrF2N5O6. The van der Waals surface area contributed by atoms with Crippen LogP contribution >= 0.6 is 15.9 Å². The molecule has 2 heterocycles. The van der Waals surface area contributed by atoms with Gasteiger partial charge < -0.3 is 29.7 Å². The lowest BCUT2D eigenvalue weighted by atomic mass is 9.91. The molecule has 1 aliphatic heterocycles. The number of carbonyl (C=O) groups excluding carboxylic acids is 1. The molecule has 0 unspecified atom stereocenters. The van der Waals surface area contributed by atoms with Crippen LogP contribution in [0.25, 0.3) is 11.3 Å². The molecule has 0 spiro atoms. The van der Waals surface area contributed by atoms with E-state index >= 15 is 0 Å². The van der Waals surface area contributed by atoms with Gasteiger partial charge in [0, 0.05) is 22.8 Å². The van der Waals surface area contributed by atoms with Gasteiger partial charge in [0.25, 0.3) is 5.91 Å². The van der Waals surface area contributed by atoms with Crippen molar-refractivity contribution >= 4 is 27.5 Å². The van der Waals surface area contributed by atoms with E-state index in [9.17, 15) is 34.2 Å². The van der Waals surface area contributed by atoms with Crippen LogP contribution in [0.5, 0.6) is 0 Å². The number of aliphatic hydroxyl groups is 3. The average molecular weight is 662 g/mol. The molecule has 7 atom stereocenters. The molecule has 2 fully saturated rings. The molecule has 14 heteroatoms. The molecule has 11 nitrogen and oxygen atoms in total. The molecule has 5 rings (SSSR count). The van der Waals surface area contributed by atoms with Crippen molar-refractivity contribution in [1.82, 2.24) is 15.0 Å². The lowest BCUT2D eigenvalue weighted by Crippen LogP contribution is -2.62. The van der Waals surface area contributed by atoms with Gasteiger partial charge in [0.1, 0.15) is 30.0 Å². The zero-order valence-corrected chi connectivity index (χ0v) is 24.9. The summed E-state index contributed by atoms with van der Waals surface area (Å²) < 4.78 is 42.4. The number of anilines is 1. The Labute approximate surface area is 254 Å². The zero-order chi connectivity index (χ0) is 31.0. The third kappa shape index (κ3) is 5.81. The number of hydrogen-bond acceptors (Lipinski definition) is 9. The van der Waals surface area contributed by atoms with E-state index in [-0.39, 0.29) is 22.4 Å². The number of methoxy groups -OCH3 is 1. The van der Waals surface area contributed by atoms with E-state index in [0.29, 0.717) is 29.4 Å². The Morgan fingerprint density at radius 3 is 2.67 bits per heavy atom. The second-order valence-corrected chi connectivity index (χ2v) is 11.6. The first-order chi connectivity index (χ1) is 20.6. The molecule has 1 aromatic heterocycles. The van der Waals surface area contributed by atoms with E-state index in [1.54, 1.807) is 12.1 Å². The van der Waals surface area contributed by atoms with E-state index in [0.717, 1.165) is 0 Å². The lowest BCUT2D eigenvalue weighted by molar-refractivity contribution is -0.211. The first-order valence-corrected chi connectivity index (χ1v) is 14.4. The SMILES string of the molecule is CO[C@@H]1[C@@H](n2cc(-c3ccc(C)c(F)c3F)nn2)[C@@H](O)[C@@H](CO)O[C@H]1C(=O)N(c1cc(Br)cc(C#N)c1)[C@@H]1CCC[C@H]1O. The second kappa shape index (κ2) is 12.7. The molecule has 228 valence electrons.